The standard InChI is InChI=1S/C27H26F3N5O2S/c1-34-15-19(17-7-9-35(10-8-17)26(37)21-6-3-11-38-21)22-23(27(28,29)30)20(14-32-24(22)34)33-25(36)18-5-2-4-16(12-18)13-31/h2,4-5,12,14-15,17,21H,3,6-11H2,1H3,(H,33,36)/t21-/m1/s1. The van der Waals surface area contributed by atoms with Crippen LogP contribution >= 0.6 is 11.8 Å². The number of nitrogens with one attached hydrogen (secondary N) is 1. The molecule has 7 nitrogen and oxygen atoms in total. The largest absolute Gasteiger partial charge is 0.419 e. The molecule has 1 aromatic carbocycles. The predicted octanol–water partition coefficient (Wildman–Crippen LogP) is 5.32. The second-order valence-corrected chi connectivity index (χ2v) is 11.0. The Morgan fingerprint density at radius 2 is 1.97 bits per heavy atom. The molecular formula is C27H26F3N5O2S. The van der Waals surface area contributed by atoms with Gasteiger partial charge in [-0.25, -0.2) is 4.98 Å². The summed E-state index contributed by atoms with van der Waals surface area (Å²) in [6.45, 7) is 0.995. The summed E-state index contributed by atoms with van der Waals surface area (Å²) >= 11 is 1.68. The third-order valence-corrected chi connectivity index (χ3v) is 8.62. The summed E-state index contributed by atoms with van der Waals surface area (Å²) in [5, 5.41) is 11.4. The van der Waals surface area contributed by atoms with Crippen molar-refractivity contribution in [1.29, 1.82) is 5.26 Å². The lowest BCUT2D eigenvalue weighted by atomic mass is 9.88. The number of alkyl halides is 3. The molecule has 1 N–H and O–H groups in total. The number of carbonyl (C=O) groups excluding carboxylic acids is 2. The molecule has 38 heavy (non-hydrogen) atoms. The number of carbonyl (C=O) groups is 2. The first-order valence-corrected chi connectivity index (χ1v) is 13.5. The molecule has 3 aromatic rings. The highest BCUT2D eigenvalue weighted by Crippen LogP contribution is 2.44. The number of benzene rings is 1. The number of nitrogens with zero attached hydrogens (tertiary/aromatic N) is 4. The smallest absolute Gasteiger partial charge is 0.342 e. The number of aryl methyl sites for hydroxylation is 1. The quantitative estimate of drug-likeness (QED) is 0.483. The average molecular weight is 542 g/mol. The molecule has 0 radical (unpaired) electrons. The van der Waals surface area contributed by atoms with E-state index in [4.69, 9.17) is 5.26 Å². The van der Waals surface area contributed by atoms with Gasteiger partial charge in [0, 0.05) is 37.3 Å². The number of rotatable bonds is 4. The van der Waals surface area contributed by atoms with Gasteiger partial charge >= 0.3 is 6.18 Å². The summed E-state index contributed by atoms with van der Waals surface area (Å²) in [5.74, 6) is 0.175. The first-order chi connectivity index (χ1) is 18.2. The summed E-state index contributed by atoms with van der Waals surface area (Å²) in [5.41, 5.74) is -0.378. The zero-order valence-electron chi connectivity index (χ0n) is 20.7. The molecular weight excluding hydrogens is 515 g/mol. The van der Waals surface area contributed by atoms with Crippen molar-refractivity contribution in [2.24, 2.45) is 7.05 Å². The van der Waals surface area contributed by atoms with E-state index in [1.807, 2.05) is 11.0 Å². The fourth-order valence-corrected chi connectivity index (χ4v) is 6.63. The van der Waals surface area contributed by atoms with E-state index in [1.54, 1.807) is 29.6 Å². The van der Waals surface area contributed by atoms with E-state index >= 15 is 0 Å². The van der Waals surface area contributed by atoms with Crippen molar-refractivity contribution in [3.8, 4) is 6.07 Å². The number of halogens is 3. The van der Waals surface area contributed by atoms with Crippen LogP contribution in [0.2, 0.25) is 0 Å². The highest BCUT2D eigenvalue weighted by atomic mass is 32.2. The van der Waals surface area contributed by atoms with Crippen LogP contribution in [0.1, 0.15) is 58.6 Å². The molecule has 2 fully saturated rings. The van der Waals surface area contributed by atoms with Crippen molar-refractivity contribution < 1.29 is 22.8 Å². The van der Waals surface area contributed by atoms with Crippen molar-refractivity contribution in [2.75, 3.05) is 24.2 Å². The van der Waals surface area contributed by atoms with Gasteiger partial charge in [-0.3, -0.25) is 9.59 Å². The third-order valence-electron chi connectivity index (χ3n) is 7.25. The number of hydrogen-bond acceptors (Lipinski definition) is 5. The van der Waals surface area contributed by atoms with Crippen molar-refractivity contribution >= 4 is 40.3 Å². The highest BCUT2D eigenvalue weighted by Gasteiger charge is 2.40. The number of pyridine rings is 1. The van der Waals surface area contributed by atoms with E-state index in [9.17, 15) is 22.8 Å². The number of likely N-dealkylation sites (tertiary alicyclic amines) is 1. The second kappa shape index (κ2) is 10.3. The number of aromatic nitrogens is 2. The van der Waals surface area contributed by atoms with Gasteiger partial charge in [0.2, 0.25) is 5.91 Å². The minimum atomic E-state index is -4.76. The van der Waals surface area contributed by atoms with Crippen LogP contribution in [-0.4, -0.2) is 50.4 Å². The molecule has 0 aliphatic carbocycles. The normalized spacial score (nSPS) is 18.5. The van der Waals surface area contributed by atoms with Crippen LogP contribution in [0.5, 0.6) is 0 Å². The van der Waals surface area contributed by atoms with Crippen LogP contribution < -0.4 is 5.32 Å². The zero-order valence-corrected chi connectivity index (χ0v) is 21.5. The Kier molecular flexibility index (Phi) is 7.09. The van der Waals surface area contributed by atoms with Gasteiger partial charge in [-0.15, -0.1) is 11.8 Å². The lowest BCUT2D eigenvalue weighted by Gasteiger charge is -2.33. The van der Waals surface area contributed by atoms with E-state index in [-0.39, 0.29) is 39.2 Å². The zero-order chi connectivity index (χ0) is 27.0. The summed E-state index contributed by atoms with van der Waals surface area (Å²) in [7, 11) is 1.65. The van der Waals surface area contributed by atoms with Crippen LogP contribution in [0.3, 0.4) is 0 Å². The molecule has 198 valence electrons. The fraction of sp³-hybridized carbons (Fsp3) is 0.407. The first kappa shape index (κ1) is 26.1. The Morgan fingerprint density at radius 1 is 1.21 bits per heavy atom. The Hall–Kier alpha value is -3.52. The van der Waals surface area contributed by atoms with Crippen LogP contribution in [0, 0.1) is 11.3 Å². The minimum Gasteiger partial charge on any atom is -0.342 e. The molecule has 2 aliphatic rings. The van der Waals surface area contributed by atoms with Gasteiger partial charge in [0.15, 0.2) is 0 Å². The molecule has 2 amide bonds. The van der Waals surface area contributed by atoms with Gasteiger partial charge in [0.05, 0.1) is 34.3 Å². The topological polar surface area (TPSA) is 91.0 Å². The van der Waals surface area contributed by atoms with E-state index in [0.29, 0.717) is 31.5 Å². The van der Waals surface area contributed by atoms with Crippen molar-refractivity contribution in [1.82, 2.24) is 14.5 Å². The number of piperidine rings is 1. The Balaban J connectivity index is 1.47. The lowest BCUT2D eigenvalue weighted by molar-refractivity contribution is -0.135. The molecule has 2 aromatic heterocycles. The molecule has 0 saturated carbocycles. The number of fused-ring (bicyclic) bond motifs is 1. The average Bonchev–Trinajstić information content (AvgIpc) is 3.56. The van der Waals surface area contributed by atoms with Gasteiger partial charge in [-0.2, -0.15) is 18.4 Å². The Morgan fingerprint density at radius 3 is 2.63 bits per heavy atom. The molecule has 2 saturated heterocycles. The fourth-order valence-electron chi connectivity index (χ4n) is 5.39. The summed E-state index contributed by atoms with van der Waals surface area (Å²) in [6.07, 6.45) is 0.969. The number of thioether (sulfide) groups is 1. The Bertz CT molecular complexity index is 1430. The molecule has 4 heterocycles. The molecule has 11 heteroatoms. The molecule has 2 aliphatic heterocycles. The lowest BCUT2D eigenvalue weighted by Crippen LogP contribution is -2.42. The SMILES string of the molecule is Cn1cc(C2CCN(C(=O)[C@H]3CCCS3)CC2)c2c(C(F)(F)F)c(NC(=O)c3cccc(C#N)c3)cnc21. The van der Waals surface area contributed by atoms with Crippen LogP contribution in [0.15, 0.2) is 36.7 Å². The Labute approximate surface area is 222 Å². The number of nitriles is 1. The minimum absolute atomic E-state index is 0.00911. The van der Waals surface area contributed by atoms with Crippen molar-refractivity contribution in [3.05, 3.63) is 58.9 Å². The van der Waals surface area contributed by atoms with Gasteiger partial charge in [0.25, 0.3) is 5.91 Å². The van der Waals surface area contributed by atoms with Gasteiger partial charge in [0.1, 0.15) is 5.65 Å². The third kappa shape index (κ3) is 4.97. The summed E-state index contributed by atoms with van der Waals surface area (Å²) in [6, 6.07) is 7.68. The number of amides is 2. The second-order valence-electron chi connectivity index (χ2n) is 9.69. The number of anilines is 1. The summed E-state index contributed by atoms with van der Waals surface area (Å²) < 4.78 is 45.3. The monoisotopic (exact) mass is 541 g/mol. The highest BCUT2D eigenvalue weighted by molar-refractivity contribution is 8.00. The van der Waals surface area contributed by atoms with Crippen LogP contribution in [0.4, 0.5) is 18.9 Å². The van der Waals surface area contributed by atoms with E-state index in [0.717, 1.165) is 24.8 Å². The molecule has 5 rings (SSSR count). The summed E-state index contributed by atoms with van der Waals surface area (Å²) in [4.78, 5) is 31.8. The van der Waals surface area contributed by atoms with Gasteiger partial charge in [-0.05, 0) is 61.1 Å². The first-order valence-electron chi connectivity index (χ1n) is 12.4. The van der Waals surface area contributed by atoms with Crippen molar-refractivity contribution in [2.45, 2.75) is 43.0 Å². The molecule has 1 atom stereocenters. The molecule has 0 bridgehead atoms. The maximum absolute atomic E-state index is 14.6. The van der Waals surface area contributed by atoms with E-state index in [1.165, 1.54) is 24.3 Å². The number of hydrogen-bond donors (Lipinski definition) is 1. The van der Waals surface area contributed by atoms with E-state index in [2.05, 4.69) is 10.3 Å². The molecule has 0 spiro atoms. The maximum Gasteiger partial charge on any atom is 0.419 e. The van der Waals surface area contributed by atoms with Crippen LogP contribution in [0.25, 0.3) is 11.0 Å². The predicted molar refractivity (Wildman–Crippen MR) is 139 cm³/mol. The van der Waals surface area contributed by atoms with Crippen molar-refractivity contribution in [3.63, 3.8) is 0 Å². The van der Waals surface area contributed by atoms with E-state index < -0.39 is 23.3 Å². The van der Waals surface area contributed by atoms with Gasteiger partial charge < -0.3 is 14.8 Å². The molecule has 0 unspecified atom stereocenters. The maximum atomic E-state index is 14.6. The van der Waals surface area contributed by atoms with Gasteiger partial charge in [-0.1, -0.05) is 6.07 Å². The van der Waals surface area contributed by atoms with Crippen LogP contribution in [-0.2, 0) is 18.0 Å².